The maximum Gasteiger partial charge on any atom is 0.485 e. The second-order valence-electron chi connectivity index (χ2n) is 6.10. The molecule has 0 aromatic heterocycles. The zero-order chi connectivity index (χ0) is 21.7. The summed E-state index contributed by atoms with van der Waals surface area (Å²) in [5, 5.41) is 2.30. The molecule has 3 nitrogen and oxygen atoms in total. The van der Waals surface area contributed by atoms with Crippen LogP contribution in [-0.2, 0) is 21.0 Å². The van der Waals surface area contributed by atoms with Gasteiger partial charge < -0.3 is 4.55 Å². The minimum Gasteiger partial charge on any atom is -0.741 e. The number of halogens is 5. The highest BCUT2D eigenvalue weighted by molar-refractivity contribution is 8.00. The van der Waals surface area contributed by atoms with E-state index in [1.807, 2.05) is 0 Å². The van der Waals surface area contributed by atoms with Gasteiger partial charge in [0.05, 0.1) is 0 Å². The highest BCUT2D eigenvalue weighted by atomic mass is 32.2. The Hall–Kier alpha value is -1.91. The quantitative estimate of drug-likeness (QED) is 0.291. The third-order valence-electron chi connectivity index (χ3n) is 3.94. The summed E-state index contributed by atoms with van der Waals surface area (Å²) in [6, 6.07) is 13.1. The molecule has 2 aromatic carbocycles. The average molecular weight is 452 g/mol. The number of benzene rings is 2. The van der Waals surface area contributed by atoms with Crippen molar-refractivity contribution >= 4 is 26.6 Å². The summed E-state index contributed by atoms with van der Waals surface area (Å²) >= 11 is 0. The second kappa shape index (κ2) is 9.73. The molecule has 1 fully saturated rings. The smallest absolute Gasteiger partial charge is 0.485 e. The van der Waals surface area contributed by atoms with Crippen molar-refractivity contribution < 1.29 is 34.9 Å². The van der Waals surface area contributed by atoms with E-state index in [2.05, 4.69) is 5.41 Å². The Balaban J connectivity index is 0.000000321. The topological polar surface area (TPSA) is 57.2 Å². The third kappa shape index (κ3) is 7.13. The van der Waals surface area contributed by atoms with Gasteiger partial charge in [0.2, 0.25) is 0 Å². The van der Waals surface area contributed by atoms with Crippen LogP contribution in [0.4, 0.5) is 22.0 Å². The van der Waals surface area contributed by atoms with Crippen LogP contribution < -0.4 is 0 Å². The fraction of sp³-hybridized carbons (Fsp3) is 0.263. The molecule has 0 radical (unpaired) electrons. The van der Waals surface area contributed by atoms with E-state index < -0.39 is 15.6 Å². The van der Waals surface area contributed by atoms with E-state index in [4.69, 9.17) is 13.0 Å². The van der Waals surface area contributed by atoms with Crippen LogP contribution in [0.2, 0.25) is 0 Å². The molecular formula is C19H17F5O3S2. The predicted octanol–water partition coefficient (Wildman–Crippen LogP) is 4.82. The molecule has 0 aliphatic carbocycles. The highest BCUT2D eigenvalue weighted by Crippen LogP contribution is 2.28. The van der Waals surface area contributed by atoms with E-state index >= 15 is 0 Å². The van der Waals surface area contributed by atoms with E-state index in [9.17, 15) is 22.0 Å². The van der Waals surface area contributed by atoms with Crippen molar-refractivity contribution in [3.05, 3.63) is 76.7 Å². The Kier molecular flexibility index (Phi) is 7.84. The van der Waals surface area contributed by atoms with Crippen molar-refractivity contribution in [1.82, 2.24) is 0 Å². The van der Waals surface area contributed by atoms with Crippen molar-refractivity contribution in [1.29, 1.82) is 0 Å². The Morgan fingerprint density at radius 3 is 1.52 bits per heavy atom. The Labute approximate surface area is 168 Å². The lowest BCUT2D eigenvalue weighted by Crippen LogP contribution is -2.21. The average Bonchev–Trinajstić information content (AvgIpc) is 3.14. The van der Waals surface area contributed by atoms with Gasteiger partial charge in [-0.25, -0.2) is 17.2 Å². The maximum absolute atomic E-state index is 13.1. The van der Waals surface area contributed by atoms with Crippen LogP contribution in [-0.4, -0.2) is 30.0 Å². The first-order valence-corrected chi connectivity index (χ1v) is 11.4. The number of hydrogen-bond donors (Lipinski definition) is 0. The molecule has 10 heteroatoms. The number of alkyl halides is 3. The Morgan fingerprint density at radius 1 is 0.862 bits per heavy atom. The van der Waals surface area contributed by atoms with Gasteiger partial charge in [-0.05, 0) is 48.2 Å². The molecule has 0 spiro atoms. The third-order valence-corrected chi connectivity index (χ3v) is 6.70. The van der Waals surface area contributed by atoms with Crippen molar-refractivity contribution in [3.63, 3.8) is 0 Å². The maximum atomic E-state index is 13.1. The molecule has 0 amide bonds. The van der Waals surface area contributed by atoms with Crippen molar-refractivity contribution in [3.8, 4) is 0 Å². The second-order valence-corrected chi connectivity index (χ2v) is 9.60. The van der Waals surface area contributed by atoms with Crippen molar-refractivity contribution in [2.45, 2.75) is 18.3 Å². The lowest BCUT2D eigenvalue weighted by atomic mass is 10.00. The van der Waals surface area contributed by atoms with Gasteiger partial charge in [0.15, 0.2) is 10.1 Å². The van der Waals surface area contributed by atoms with E-state index in [0.29, 0.717) is 0 Å². The molecular weight excluding hydrogens is 435 g/mol. The van der Waals surface area contributed by atoms with Crippen LogP contribution in [0.5, 0.6) is 0 Å². The van der Waals surface area contributed by atoms with Crippen LogP contribution in [0.1, 0.15) is 24.0 Å². The molecule has 1 aliphatic rings. The highest BCUT2D eigenvalue weighted by Gasteiger charge is 2.36. The Bertz CT molecular complexity index is 884. The number of rotatable bonds is 3. The van der Waals surface area contributed by atoms with Crippen molar-refractivity contribution in [2.24, 2.45) is 0 Å². The van der Waals surface area contributed by atoms with E-state index in [1.54, 1.807) is 24.3 Å². The van der Waals surface area contributed by atoms with E-state index in [-0.39, 0.29) is 22.5 Å². The standard InChI is InChI=1S/C18H17F2S.CHF3O3S/c19-16-7-3-14(4-8-16)18(13-21-11-1-2-12-21)15-5-9-17(20)10-6-15;2-1(3,4)8(5,6)7/h3-10,13H,1-2,11-12H2;(H,5,6,7)/q+1;/p-1. The summed E-state index contributed by atoms with van der Waals surface area (Å²) in [6.45, 7) is 0. The minimum absolute atomic E-state index is 0.236. The largest absolute Gasteiger partial charge is 0.741 e. The lowest BCUT2D eigenvalue weighted by Gasteiger charge is -2.08. The van der Waals surface area contributed by atoms with Crippen LogP contribution >= 0.6 is 0 Å². The van der Waals surface area contributed by atoms with Gasteiger partial charge in [0.25, 0.3) is 0 Å². The first kappa shape index (κ1) is 23.4. The zero-order valence-electron chi connectivity index (χ0n) is 15.0. The summed E-state index contributed by atoms with van der Waals surface area (Å²) in [5.74, 6) is 1.98. The molecule has 0 N–H and O–H groups in total. The molecule has 0 saturated carbocycles. The van der Waals surface area contributed by atoms with Gasteiger partial charge in [-0.2, -0.15) is 13.2 Å². The molecule has 158 valence electrons. The van der Waals surface area contributed by atoms with Gasteiger partial charge in [-0.15, -0.1) is 0 Å². The summed E-state index contributed by atoms with van der Waals surface area (Å²) < 4.78 is 85.2. The minimum atomic E-state index is -6.09. The van der Waals surface area contributed by atoms with Crippen LogP contribution in [0.3, 0.4) is 0 Å². The molecule has 0 atom stereocenters. The Morgan fingerprint density at radius 2 is 1.21 bits per heavy atom. The van der Waals surface area contributed by atoms with Gasteiger partial charge in [0, 0.05) is 16.5 Å². The molecule has 1 aliphatic heterocycles. The van der Waals surface area contributed by atoms with Gasteiger partial charge >= 0.3 is 5.51 Å². The molecule has 1 saturated heterocycles. The van der Waals surface area contributed by atoms with Gasteiger partial charge in [0.1, 0.15) is 28.5 Å². The van der Waals surface area contributed by atoms with Crippen molar-refractivity contribution in [2.75, 3.05) is 11.5 Å². The molecule has 0 unspecified atom stereocenters. The van der Waals surface area contributed by atoms with Crippen LogP contribution in [0.25, 0.3) is 5.57 Å². The first-order valence-electron chi connectivity index (χ1n) is 8.39. The monoisotopic (exact) mass is 452 g/mol. The fourth-order valence-electron chi connectivity index (χ4n) is 2.52. The molecule has 0 bridgehead atoms. The molecule has 1 heterocycles. The summed E-state index contributed by atoms with van der Waals surface area (Å²) in [5.41, 5.74) is -2.59. The summed E-state index contributed by atoms with van der Waals surface area (Å²) in [7, 11) is -5.81. The molecule has 2 aromatic rings. The van der Waals surface area contributed by atoms with Gasteiger partial charge in [-0.1, -0.05) is 24.3 Å². The first-order chi connectivity index (χ1) is 13.5. The summed E-state index contributed by atoms with van der Waals surface area (Å²) in [4.78, 5) is 0. The number of hydrogen-bond acceptors (Lipinski definition) is 3. The van der Waals surface area contributed by atoms with Crippen LogP contribution in [0.15, 0.2) is 53.9 Å². The molecule has 3 rings (SSSR count). The van der Waals surface area contributed by atoms with E-state index in [1.165, 1.54) is 48.6 Å². The van der Waals surface area contributed by atoms with Gasteiger partial charge in [-0.3, -0.25) is 0 Å². The molecule has 29 heavy (non-hydrogen) atoms. The van der Waals surface area contributed by atoms with E-state index in [0.717, 1.165) is 16.7 Å². The lowest BCUT2D eigenvalue weighted by molar-refractivity contribution is -0.0517. The van der Waals surface area contributed by atoms with Crippen LogP contribution in [0, 0.1) is 11.6 Å². The SMILES string of the molecule is Fc1ccc(C(=C[S+]2CCCC2)c2ccc(F)cc2)cc1.O=S(=O)([O-])C(F)(F)F. The predicted molar refractivity (Wildman–Crippen MR) is 102 cm³/mol. The summed E-state index contributed by atoms with van der Waals surface area (Å²) in [6.07, 6.45) is 2.56. The fourth-order valence-corrected chi connectivity index (χ4v) is 4.72. The normalized spacial score (nSPS) is 14.8. The zero-order valence-corrected chi connectivity index (χ0v) is 16.6.